The number of pyridine rings is 2. The molecule has 12 heteroatoms. The molecule has 0 aliphatic carbocycles. The van der Waals surface area contributed by atoms with Crippen LogP contribution in [0.3, 0.4) is 0 Å². The molecule has 0 aliphatic heterocycles. The molecule has 0 aromatic carbocycles. The number of fused-ring (bicyclic) bond motifs is 1. The number of anilines is 1. The zero-order chi connectivity index (χ0) is 22.8. The van der Waals surface area contributed by atoms with Gasteiger partial charge in [-0.2, -0.15) is 18.3 Å². The van der Waals surface area contributed by atoms with Crippen molar-refractivity contribution in [2.75, 3.05) is 11.9 Å². The van der Waals surface area contributed by atoms with Gasteiger partial charge in [-0.1, -0.05) is 11.6 Å². The summed E-state index contributed by atoms with van der Waals surface area (Å²) in [5, 5.41) is 17.4. The minimum Gasteiger partial charge on any atom is -0.476 e. The second-order valence-corrected chi connectivity index (χ2v) is 7.68. The van der Waals surface area contributed by atoms with Gasteiger partial charge in [-0.25, -0.2) is 9.97 Å². The van der Waals surface area contributed by atoms with Crippen molar-refractivity contribution < 1.29 is 27.8 Å². The third-order valence-electron chi connectivity index (χ3n) is 4.10. The Labute approximate surface area is 180 Å². The van der Waals surface area contributed by atoms with E-state index < -0.39 is 30.7 Å². The number of halogens is 4. The van der Waals surface area contributed by atoms with Crippen LogP contribution in [0, 0.1) is 0 Å². The lowest BCUT2D eigenvalue weighted by molar-refractivity contribution is -0.139. The van der Waals surface area contributed by atoms with E-state index in [1.165, 1.54) is 32.3 Å². The van der Waals surface area contributed by atoms with Crippen LogP contribution in [-0.2, 0) is 11.3 Å². The van der Waals surface area contributed by atoms with Gasteiger partial charge >= 0.3 is 6.18 Å². The van der Waals surface area contributed by atoms with Crippen molar-refractivity contribution >= 4 is 34.2 Å². The minimum absolute atomic E-state index is 0.0798. The number of ether oxygens (including phenoxy) is 1. The summed E-state index contributed by atoms with van der Waals surface area (Å²) in [4.78, 5) is 20.1. The van der Waals surface area contributed by atoms with Crippen molar-refractivity contribution in [1.82, 2.24) is 19.7 Å². The third kappa shape index (κ3) is 6.05. The van der Waals surface area contributed by atoms with Gasteiger partial charge in [0.2, 0.25) is 5.88 Å². The monoisotopic (exact) mass is 457 g/mol. The fourth-order valence-corrected chi connectivity index (χ4v) is 2.79. The predicted molar refractivity (Wildman–Crippen MR) is 107 cm³/mol. The SMILES string of the molecule is CC(C)(O)C(=O)Nc1nccc2nn(Cc3cnc(OCCC(F)(F)F)c(Cl)c3)cc12. The Morgan fingerprint density at radius 1 is 1.32 bits per heavy atom. The average Bonchev–Trinajstić information content (AvgIpc) is 3.05. The number of aromatic nitrogens is 4. The molecular formula is C19H19ClF3N5O3. The lowest BCUT2D eigenvalue weighted by Gasteiger charge is -2.16. The van der Waals surface area contributed by atoms with Gasteiger partial charge in [0.25, 0.3) is 5.91 Å². The fourth-order valence-electron chi connectivity index (χ4n) is 2.54. The normalized spacial score (nSPS) is 12.2. The molecular weight excluding hydrogens is 439 g/mol. The molecule has 3 heterocycles. The highest BCUT2D eigenvalue weighted by Gasteiger charge is 2.27. The first-order valence-corrected chi connectivity index (χ1v) is 9.50. The molecule has 3 aromatic rings. The molecule has 1 amide bonds. The van der Waals surface area contributed by atoms with Crippen molar-refractivity contribution in [2.24, 2.45) is 0 Å². The molecule has 0 atom stereocenters. The second kappa shape index (κ2) is 8.67. The molecule has 0 aliphatic rings. The maximum absolute atomic E-state index is 12.2. The Hall–Kier alpha value is -2.92. The Morgan fingerprint density at radius 2 is 2.06 bits per heavy atom. The highest BCUT2D eigenvalue weighted by molar-refractivity contribution is 6.31. The van der Waals surface area contributed by atoms with Crippen LogP contribution in [0.15, 0.2) is 30.7 Å². The lowest BCUT2D eigenvalue weighted by atomic mass is 10.1. The third-order valence-corrected chi connectivity index (χ3v) is 4.37. The van der Waals surface area contributed by atoms with E-state index in [0.717, 1.165) is 0 Å². The summed E-state index contributed by atoms with van der Waals surface area (Å²) in [5.74, 6) is -0.445. The number of aliphatic hydroxyl groups is 1. The smallest absolute Gasteiger partial charge is 0.392 e. The highest BCUT2D eigenvalue weighted by atomic mass is 35.5. The van der Waals surface area contributed by atoms with Crippen LogP contribution in [0.5, 0.6) is 5.88 Å². The molecule has 0 bridgehead atoms. The molecule has 0 fully saturated rings. The first-order valence-electron chi connectivity index (χ1n) is 9.12. The maximum atomic E-state index is 12.2. The van der Waals surface area contributed by atoms with Gasteiger partial charge in [-0.05, 0) is 31.5 Å². The lowest BCUT2D eigenvalue weighted by Crippen LogP contribution is -2.36. The van der Waals surface area contributed by atoms with Gasteiger partial charge in [0.15, 0.2) is 0 Å². The van der Waals surface area contributed by atoms with Gasteiger partial charge in [-0.3, -0.25) is 9.48 Å². The molecule has 8 nitrogen and oxygen atoms in total. The van der Waals surface area contributed by atoms with Gasteiger partial charge in [0.05, 0.1) is 30.5 Å². The molecule has 3 rings (SSSR count). The van der Waals surface area contributed by atoms with E-state index in [1.54, 1.807) is 16.9 Å². The Bertz CT molecular complexity index is 1100. The number of amides is 1. The van der Waals surface area contributed by atoms with E-state index >= 15 is 0 Å². The largest absolute Gasteiger partial charge is 0.476 e. The Balaban J connectivity index is 1.74. The van der Waals surface area contributed by atoms with E-state index in [4.69, 9.17) is 16.3 Å². The summed E-state index contributed by atoms with van der Waals surface area (Å²) >= 11 is 6.07. The van der Waals surface area contributed by atoms with Crippen molar-refractivity contribution in [3.63, 3.8) is 0 Å². The van der Waals surface area contributed by atoms with Crippen LogP contribution in [0.2, 0.25) is 5.02 Å². The molecule has 0 unspecified atom stereocenters. The number of hydrogen-bond donors (Lipinski definition) is 2. The van der Waals surface area contributed by atoms with E-state index in [-0.39, 0.29) is 23.3 Å². The molecule has 3 aromatic heterocycles. The molecule has 0 saturated heterocycles. The predicted octanol–water partition coefficient (Wildman–Crippen LogP) is 3.57. The number of carbonyl (C=O) groups is 1. The number of nitrogens with one attached hydrogen (secondary N) is 1. The zero-order valence-electron chi connectivity index (χ0n) is 16.6. The topological polar surface area (TPSA) is 102 Å². The standard InChI is InChI=1S/C19H19ClF3N5O3/c1-18(2,30)17(29)26-15-12-10-28(27-14(12)3-5-24-15)9-11-7-13(20)16(25-8-11)31-6-4-19(21,22)23/h3,5,7-8,10,30H,4,6,9H2,1-2H3,(H,24,26,29). The zero-order valence-corrected chi connectivity index (χ0v) is 17.3. The van der Waals surface area contributed by atoms with E-state index in [9.17, 15) is 23.1 Å². The van der Waals surface area contributed by atoms with Crippen molar-refractivity contribution in [3.8, 4) is 5.88 Å². The number of nitrogens with zero attached hydrogens (tertiary/aromatic N) is 4. The minimum atomic E-state index is -4.32. The van der Waals surface area contributed by atoms with Crippen LogP contribution in [-0.4, -0.2) is 49.1 Å². The van der Waals surface area contributed by atoms with Crippen LogP contribution >= 0.6 is 11.6 Å². The maximum Gasteiger partial charge on any atom is 0.392 e. The molecule has 0 spiro atoms. The van der Waals surface area contributed by atoms with Crippen LogP contribution in [0.4, 0.5) is 19.0 Å². The van der Waals surface area contributed by atoms with Crippen molar-refractivity contribution in [1.29, 1.82) is 0 Å². The molecule has 0 saturated carbocycles. The van der Waals surface area contributed by atoms with Gasteiger partial charge in [0.1, 0.15) is 16.4 Å². The van der Waals surface area contributed by atoms with Crippen LogP contribution in [0.1, 0.15) is 25.8 Å². The molecule has 166 valence electrons. The van der Waals surface area contributed by atoms with Crippen LogP contribution in [0.25, 0.3) is 10.9 Å². The van der Waals surface area contributed by atoms with Crippen LogP contribution < -0.4 is 10.1 Å². The van der Waals surface area contributed by atoms with Crippen molar-refractivity contribution in [2.45, 2.75) is 38.6 Å². The quantitative estimate of drug-likeness (QED) is 0.562. The van der Waals surface area contributed by atoms with Gasteiger partial charge < -0.3 is 15.2 Å². The Kier molecular flexibility index (Phi) is 6.37. The van der Waals surface area contributed by atoms with E-state index in [0.29, 0.717) is 16.5 Å². The molecule has 0 radical (unpaired) electrons. The number of rotatable bonds is 7. The highest BCUT2D eigenvalue weighted by Crippen LogP contribution is 2.26. The molecule has 31 heavy (non-hydrogen) atoms. The summed E-state index contributed by atoms with van der Waals surface area (Å²) in [6, 6.07) is 3.19. The summed E-state index contributed by atoms with van der Waals surface area (Å²) in [7, 11) is 0. The Morgan fingerprint density at radius 3 is 2.71 bits per heavy atom. The van der Waals surface area contributed by atoms with Gasteiger partial charge in [-0.15, -0.1) is 0 Å². The second-order valence-electron chi connectivity index (χ2n) is 7.28. The first kappa shape index (κ1) is 22.8. The average molecular weight is 458 g/mol. The number of carbonyl (C=O) groups excluding carboxylic acids is 1. The van der Waals surface area contributed by atoms with E-state index in [1.807, 2.05) is 0 Å². The summed E-state index contributed by atoms with van der Waals surface area (Å²) in [5.41, 5.74) is -0.380. The summed E-state index contributed by atoms with van der Waals surface area (Å²) in [6.45, 7) is 2.40. The van der Waals surface area contributed by atoms with E-state index in [2.05, 4.69) is 20.4 Å². The summed E-state index contributed by atoms with van der Waals surface area (Å²) < 4.78 is 43.2. The first-order chi connectivity index (χ1) is 14.4. The molecule has 2 N–H and O–H groups in total. The summed E-state index contributed by atoms with van der Waals surface area (Å²) in [6.07, 6.45) is -0.868. The van der Waals surface area contributed by atoms with Crippen molar-refractivity contribution in [3.05, 3.63) is 41.3 Å². The fraction of sp³-hybridized carbons (Fsp3) is 0.368. The number of hydrogen-bond acceptors (Lipinski definition) is 6. The van der Waals surface area contributed by atoms with Gasteiger partial charge in [0, 0.05) is 18.6 Å². The number of alkyl halides is 3.